The molecule has 1 aromatic heterocycles. The van der Waals surface area contributed by atoms with Gasteiger partial charge in [0.2, 0.25) is 0 Å². The van der Waals surface area contributed by atoms with E-state index in [4.69, 9.17) is 0 Å². The van der Waals surface area contributed by atoms with Crippen LogP contribution in [0.2, 0.25) is 0 Å². The van der Waals surface area contributed by atoms with Crippen LogP contribution in [0.4, 0.5) is 4.39 Å². The number of fused-ring (bicyclic) bond motifs is 1. The lowest BCUT2D eigenvalue weighted by Crippen LogP contribution is -2.39. The second-order valence-corrected chi connectivity index (χ2v) is 5.01. The fraction of sp³-hybridized carbons (Fsp3) is 0.267. The zero-order valence-corrected chi connectivity index (χ0v) is 12.0. The molecule has 0 saturated carbocycles. The van der Waals surface area contributed by atoms with Crippen molar-refractivity contribution in [3.05, 3.63) is 53.1 Å². The first-order valence-corrected chi connectivity index (χ1v) is 6.92. The second kappa shape index (κ2) is 5.59. The number of nitrogens with one attached hydrogen (secondary N) is 1. The molecule has 22 heavy (non-hydrogen) atoms. The van der Waals surface area contributed by atoms with E-state index in [9.17, 15) is 14.0 Å². The van der Waals surface area contributed by atoms with E-state index in [0.29, 0.717) is 24.3 Å². The Morgan fingerprint density at radius 2 is 2.00 bits per heavy atom. The normalized spacial score (nSPS) is 13.6. The van der Waals surface area contributed by atoms with E-state index >= 15 is 0 Å². The molecule has 1 N–H and O–H groups in total. The highest BCUT2D eigenvalue weighted by Gasteiger charge is 2.27. The molecule has 2 amide bonds. The summed E-state index contributed by atoms with van der Waals surface area (Å²) in [7, 11) is 1.54. The Kier molecular flexibility index (Phi) is 3.62. The third-order valence-electron chi connectivity index (χ3n) is 3.73. The molecule has 3 rings (SSSR count). The van der Waals surface area contributed by atoms with Crippen molar-refractivity contribution in [1.82, 2.24) is 20.0 Å². The van der Waals surface area contributed by atoms with Gasteiger partial charge >= 0.3 is 0 Å². The largest absolute Gasteiger partial charge is 0.355 e. The standard InChI is InChI=1S/C15H15FN4O2/c1-17-14(21)11-8-18-20-7-6-19(9-13(11)20)15(22)10-4-2-3-5-12(10)16/h2-5,8H,6-7,9H2,1H3,(H,17,21). The van der Waals surface area contributed by atoms with Crippen molar-refractivity contribution in [2.75, 3.05) is 13.6 Å². The maximum Gasteiger partial charge on any atom is 0.257 e. The van der Waals surface area contributed by atoms with Crippen molar-refractivity contribution >= 4 is 11.8 Å². The van der Waals surface area contributed by atoms with Gasteiger partial charge in [0.25, 0.3) is 11.8 Å². The topological polar surface area (TPSA) is 67.2 Å². The molecule has 1 aromatic carbocycles. The Morgan fingerprint density at radius 3 is 2.73 bits per heavy atom. The second-order valence-electron chi connectivity index (χ2n) is 5.01. The molecular weight excluding hydrogens is 287 g/mol. The molecule has 0 atom stereocenters. The minimum absolute atomic E-state index is 0.0389. The number of hydrogen-bond acceptors (Lipinski definition) is 3. The lowest BCUT2D eigenvalue weighted by molar-refractivity contribution is 0.0698. The Labute approximate surface area is 126 Å². The van der Waals surface area contributed by atoms with Crippen LogP contribution in [0.1, 0.15) is 26.4 Å². The number of halogens is 1. The summed E-state index contributed by atoms with van der Waals surface area (Å²) >= 11 is 0. The number of carbonyl (C=O) groups excluding carboxylic acids is 2. The fourth-order valence-corrected chi connectivity index (χ4v) is 2.55. The van der Waals surface area contributed by atoms with Crippen molar-refractivity contribution in [1.29, 1.82) is 0 Å². The number of nitrogens with zero attached hydrogens (tertiary/aromatic N) is 3. The minimum atomic E-state index is -0.543. The summed E-state index contributed by atoms with van der Waals surface area (Å²) in [4.78, 5) is 25.8. The Morgan fingerprint density at radius 1 is 1.23 bits per heavy atom. The molecule has 1 aliphatic rings. The third-order valence-corrected chi connectivity index (χ3v) is 3.73. The fourth-order valence-electron chi connectivity index (χ4n) is 2.55. The first-order valence-electron chi connectivity index (χ1n) is 6.92. The Balaban J connectivity index is 1.88. The summed E-state index contributed by atoms with van der Waals surface area (Å²) in [6, 6.07) is 5.89. The lowest BCUT2D eigenvalue weighted by atomic mass is 10.1. The molecule has 2 heterocycles. The monoisotopic (exact) mass is 302 g/mol. The van der Waals surface area contributed by atoms with Gasteiger partial charge < -0.3 is 10.2 Å². The Hall–Kier alpha value is -2.70. The summed E-state index contributed by atoms with van der Waals surface area (Å²) in [6.45, 7) is 1.14. The van der Waals surface area contributed by atoms with Crippen molar-refractivity contribution in [2.45, 2.75) is 13.1 Å². The van der Waals surface area contributed by atoms with E-state index in [1.807, 2.05) is 0 Å². The zero-order chi connectivity index (χ0) is 15.7. The number of hydrogen-bond donors (Lipinski definition) is 1. The zero-order valence-electron chi connectivity index (χ0n) is 12.0. The van der Waals surface area contributed by atoms with Crippen LogP contribution in [0.15, 0.2) is 30.5 Å². The quantitative estimate of drug-likeness (QED) is 0.901. The molecule has 0 aliphatic carbocycles. The highest BCUT2D eigenvalue weighted by Crippen LogP contribution is 2.19. The number of amides is 2. The van der Waals surface area contributed by atoms with Crippen molar-refractivity contribution in [3.8, 4) is 0 Å². The smallest absolute Gasteiger partial charge is 0.257 e. The van der Waals surface area contributed by atoms with E-state index in [-0.39, 0.29) is 23.9 Å². The summed E-state index contributed by atoms with van der Waals surface area (Å²) in [5, 5.41) is 6.70. The predicted molar refractivity (Wildman–Crippen MR) is 76.8 cm³/mol. The predicted octanol–water partition coefficient (Wildman–Crippen LogP) is 1.04. The van der Waals surface area contributed by atoms with E-state index in [0.717, 1.165) is 0 Å². The Bertz CT molecular complexity index is 741. The molecule has 1 aliphatic heterocycles. The number of aromatic nitrogens is 2. The average molecular weight is 302 g/mol. The molecule has 0 fully saturated rings. The highest BCUT2D eigenvalue weighted by molar-refractivity contribution is 5.96. The van der Waals surface area contributed by atoms with Crippen LogP contribution in [0.25, 0.3) is 0 Å². The van der Waals surface area contributed by atoms with Crippen LogP contribution in [0, 0.1) is 5.82 Å². The summed E-state index contributed by atoms with van der Waals surface area (Å²) < 4.78 is 15.5. The van der Waals surface area contributed by atoms with E-state index < -0.39 is 5.82 Å². The third kappa shape index (κ3) is 2.34. The van der Waals surface area contributed by atoms with Crippen LogP contribution in [-0.4, -0.2) is 40.1 Å². The average Bonchev–Trinajstić information content (AvgIpc) is 2.97. The van der Waals surface area contributed by atoms with E-state index in [2.05, 4.69) is 10.4 Å². The van der Waals surface area contributed by atoms with Gasteiger partial charge in [0, 0.05) is 13.6 Å². The van der Waals surface area contributed by atoms with Gasteiger partial charge in [-0.05, 0) is 12.1 Å². The molecular formula is C15H15FN4O2. The van der Waals surface area contributed by atoms with Gasteiger partial charge in [0.1, 0.15) is 5.82 Å². The first-order chi connectivity index (χ1) is 10.6. The highest BCUT2D eigenvalue weighted by atomic mass is 19.1. The maximum atomic E-state index is 13.8. The van der Waals surface area contributed by atoms with Crippen LogP contribution < -0.4 is 5.32 Å². The van der Waals surface area contributed by atoms with Gasteiger partial charge in [0.15, 0.2) is 0 Å². The van der Waals surface area contributed by atoms with Gasteiger partial charge in [-0.25, -0.2) is 4.39 Å². The maximum absolute atomic E-state index is 13.8. The van der Waals surface area contributed by atoms with Crippen LogP contribution in [-0.2, 0) is 13.1 Å². The number of carbonyl (C=O) groups is 2. The van der Waals surface area contributed by atoms with E-state index in [1.165, 1.54) is 30.3 Å². The lowest BCUT2D eigenvalue weighted by Gasteiger charge is -2.28. The van der Waals surface area contributed by atoms with Gasteiger partial charge in [-0.1, -0.05) is 12.1 Å². The molecule has 0 bridgehead atoms. The molecule has 114 valence electrons. The number of benzene rings is 1. The van der Waals surface area contributed by atoms with Gasteiger partial charge in [-0.2, -0.15) is 5.10 Å². The summed E-state index contributed by atoms with van der Waals surface area (Å²) in [5.74, 6) is -1.17. The molecule has 0 saturated heterocycles. The summed E-state index contributed by atoms with van der Waals surface area (Å²) in [6.07, 6.45) is 1.49. The van der Waals surface area contributed by atoms with Gasteiger partial charge in [-0.15, -0.1) is 0 Å². The van der Waals surface area contributed by atoms with Crippen LogP contribution in [0.3, 0.4) is 0 Å². The van der Waals surface area contributed by atoms with Gasteiger partial charge in [-0.3, -0.25) is 14.3 Å². The van der Waals surface area contributed by atoms with Crippen molar-refractivity contribution in [2.24, 2.45) is 0 Å². The number of rotatable bonds is 2. The molecule has 2 aromatic rings. The van der Waals surface area contributed by atoms with Gasteiger partial charge in [0.05, 0.1) is 36.1 Å². The first kappa shape index (κ1) is 14.2. The van der Waals surface area contributed by atoms with Crippen molar-refractivity contribution < 1.29 is 14.0 Å². The summed E-state index contributed by atoms with van der Waals surface area (Å²) in [5.41, 5.74) is 1.14. The van der Waals surface area contributed by atoms with E-state index in [1.54, 1.807) is 16.8 Å². The molecule has 0 spiro atoms. The molecule has 6 nitrogen and oxygen atoms in total. The SMILES string of the molecule is CNC(=O)c1cnn2c1CN(C(=O)c1ccccc1F)CC2. The molecule has 7 heteroatoms. The van der Waals surface area contributed by atoms with Crippen molar-refractivity contribution in [3.63, 3.8) is 0 Å². The van der Waals surface area contributed by atoms with Crippen LogP contribution >= 0.6 is 0 Å². The molecule has 0 radical (unpaired) electrons. The minimum Gasteiger partial charge on any atom is -0.355 e. The molecule has 0 unspecified atom stereocenters. The van der Waals surface area contributed by atoms with Crippen LogP contribution in [0.5, 0.6) is 0 Å².